The molecular weight excluding hydrogens is 420 g/mol. The van der Waals surface area contributed by atoms with E-state index in [0.29, 0.717) is 0 Å². The van der Waals surface area contributed by atoms with E-state index in [1.165, 1.54) is 5.40 Å². The summed E-state index contributed by atoms with van der Waals surface area (Å²) in [6.07, 6.45) is 0. The SMILES string of the molecule is C=O.CC(=O)O.CC(=O)c1ccccc1.N#C[S-].O=S(=O)(O)O.OCCO.[NH4+]. The fourth-order valence-electron chi connectivity index (χ4n) is 0.673. The normalized spacial score (nSPS) is 7.32. The van der Waals surface area contributed by atoms with Gasteiger partial charge in [0.15, 0.2) is 5.78 Å². The van der Waals surface area contributed by atoms with Crippen LogP contribution in [0.15, 0.2) is 30.3 Å². The fraction of sp³-hybridized carbons (Fsp3) is 0.286. The maximum Gasteiger partial charge on any atom is 0.394 e. The minimum Gasteiger partial charge on any atom is -0.696 e. The first-order chi connectivity index (χ1) is 12.4. The molecule has 1 aromatic rings. The summed E-state index contributed by atoms with van der Waals surface area (Å²) >= 11 is 3.70. The van der Waals surface area contributed by atoms with Crippen LogP contribution < -0.4 is 6.15 Å². The fourth-order valence-corrected chi connectivity index (χ4v) is 0.673. The van der Waals surface area contributed by atoms with E-state index < -0.39 is 16.4 Å². The number of hydrogen-bond acceptors (Lipinski definition) is 9. The number of carbonyl (C=O) groups is 3. The number of thiocyanates is 1. The van der Waals surface area contributed by atoms with E-state index in [-0.39, 0.29) is 25.1 Å². The Kier molecular flexibility index (Phi) is 46.3. The molecule has 0 saturated carbocycles. The standard InChI is InChI=1S/C8H8O.C2H4O2.C2H6O2.CHNS.CH2O.H3N.H2O4S/c1-7(9)8-5-3-2-4-6-8;1-2(3)4;3-1-2-4;2-1-3;1-2;;1-5(2,3)4/h2-6H,1H3;1H3,(H,3,4);3-4H,1-2H2;3H;1H2;1H3;(H2,1,2,3,4). The molecule has 0 aliphatic carbocycles. The van der Waals surface area contributed by atoms with Crippen LogP contribution in [0.25, 0.3) is 0 Å². The Balaban J connectivity index is -0.0000000559. The number of Topliss-reactive ketones (excluding diaryl/α,β-unsaturated/α-hetero) is 1. The second kappa shape index (κ2) is 32.2. The first kappa shape index (κ1) is 40.2. The highest BCUT2D eigenvalue weighted by molar-refractivity contribution is 7.79. The van der Waals surface area contributed by atoms with Crippen LogP contribution in [0.3, 0.4) is 0 Å². The van der Waals surface area contributed by atoms with E-state index in [2.05, 4.69) is 12.6 Å². The topological polar surface area (TPSA) is 247 Å². The predicted molar refractivity (Wildman–Crippen MR) is 104 cm³/mol. The molecule has 0 aromatic heterocycles. The Morgan fingerprint density at radius 2 is 1.29 bits per heavy atom. The maximum absolute atomic E-state index is 10.6. The van der Waals surface area contributed by atoms with Crippen LogP contribution in [0.1, 0.15) is 24.2 Å². The van der Waals surface area contributed by atoms with Crippen LogP contribution in [-0.2, 0) is 32.6 Å². The summed E-state index contributed by atoms with van der Waals surface area (Å²) in [7, 11) is -4.67. The maximum atomic E-state index is 10.6. The van der Waals surface area contributed by atoms with Gasteiger partial charge in [-0.2, -0.15) is 8.42 Å². The van der Waals surface area contributed by atoms with Gasteiger partial charge in [0.25, 0.3) is 5.97 Å². The smallest absolute Gasteiger partial charge is 0.394 e. The molecule has 0 atom stereocenters. The lowest BCUT2D eigenvalue weighted by molar-refractivity contribution is -0.134. The summed E-state index contributed by atoms with van der Waals surface area (Å²) in [5, 5.41) is 31.1. The largest absolute Gasteiger partial charge is 0.696 e. The number of nitriles is 1. The Bertz CT molecular complexity index is 590. The number of benzene rings is 1. The number of carbonyl (C=O) groups excluding carboxylic acids is 2. The lowest BCUT2D eigenvalue weighted by atomic mass is 10.2. The molecule has 0 fully saturated rings. The number of hydrogen-bond donors (Lipinski definition) is 6. The van der Waals surface area contributed by atoms with Gasteiger partial charge in [0.1, 0.15) is 6.79 Å². The summed E-state index contributed by atoms with van der Waals surface area (Å²) < 4.78 is 31.6. The van der Waals surface area contributed by atoms with Crippen LogP contribution in [0, 0.1) is 10.7 Å². The highest BCUT2D eigenvalue weighted by Crippen LogP contribution is 1.97. The predicted octanol–water partition coefficient (Wildman–Crippen LogP) is 0.504. The number of aliphatic carboxylic acids is 1. The summed E-state index contributed by atoms with van der Waals surface area (Å²) in [5.41, 5.74) is 0.775. The van der Waals surface area contributed by atoms with Crippen molar-refractivity contribution in [1.82, 2.24) is 6.15 Å². The number of carboxylic acid groups (broad SMARTS) is 1. The number of aliphatic hydroxyl groups excluding tert-OH is 2. The average molecular weight is 447 g/mol. The van der Waals surface area contributed by atoms with Gasteiger partial charge in [0, 0.05) is 12.5 Å². The minimum absolute atomic E-state index is 0. The van der Waals surface area contributed by atoms with E-state index in [0.717, 1.165) is 12.5 Å². The second-order valence-corrected chi connectivity index (χ2v) is 4.51. The zero-order valence-electron chi connectivity index (χ0n) is 15.5. The number of quaternary nitrogens is 1. The van der Waals surface area contributed by atoms with Gasteiger partial charge in [0.2, 0.25) is 0 Å². The van der Waals surface area contributed by atoms with Gasteiger partial charge in [-0.3, -0.25) is 18.7 Å². The van der Waals surface area contributed by atoms with Gasteiger partial charge in [-0.1, -0.05) is 35.7 Å². The summed E-state index contributed by atoms with van der Waals surface area (Å²) in [6, 6.07) is 9.23. The van der Waals surface area contributed by atoms with Crippen molar-refractivity contribution < 1.29 is 47.2 Å². The van der Waals surface area contributed by atoms with Crippen molar-refractivity contribution in [2.75, 3.05) is 13.2 Å². The Hall–Kier alpha value is -2.51. The van der Waals surface area contributed by atoms with Gasteiger partial charge in [-0.15, -0.1) is 0 Å². The highest BCUT2D eigenvalue weighted by Gasteiger charge is 1.92. The molecule has 0 radical (unpaired) electrons. The third-order valence-electron chi connectivity index (χ3n) is 1.28. The number of carboxylic acids is 1. The molecule has 1 aromatic carbocycles. The lowest BCUT2D eigenvalue weighted by Gasteiger charge is -1.89. The minimum atomic E-state index is -4.67. The molecular formula is C14H26N2O10S2. The molecule has 164 valence electrons. The van der Waals surface area contributed by atoms with Crippen LogP contribution >= 0.6 is 0 Å². The molecule has 0 aliphatic rings. The van der Waals surface area contributed by atoms with Gasteiger partial charge in [-0.05, 0) is 6.92 Å². The molecule has 0 amide bonds. The molecule has 1 rings (SSSR count). The molecule has 0 heterocycles. The van der Waals surface area contributed by atoms with E-state index in [1.807, 2.05) is 37.1 Å². The van der Waals surface area contributed by atoms with Crippen LogP contribution in [0.5, 0.6) is 0 Å². The van der Waals surface area contributed by atoms with Crippen LogP contribution in [0.2, 0.25) is 0 Å². The molecule has 0 saturated heterocycles. The number of rotatable bonds is 2. The summed E-state index contributed by atoms with van der Waals surface area (Å²) in [5.74, 6) is -0.712. The molecule has 14 heteroatoms. The first-order valence-electron chi connectivity index (χ1n) is 6.34. The van der Waals surface area contributed by atoms with Crippen molar-refractivity contribution in [2.45, 2.75) is 13.8 Å². The van der Waals surface area contributed by atoms with E-state index in [1.54, 1.807) is 6.92 Å². The second-order valence-electron chi connectivity index (χ2n) is 3.43. The Morgan fingerprint density at radius 3 is 1.39 bits per heavy atom. The molecule has 9 N–H and O–H groups in total. The molecule has 0 bridgehead atoms. The highest BCUT2D eigenvalue weighted by atomic mass is 32.3. The molecule has 0 aliphatic heterocycles. The third-order valence-corrected chi connectivity index (χ3v) is 1.28. The molecule has 0 spiro atoms. The van der Waals surface area contributed by atoms with E-state index in [9.17, 15) is 4.79 Å². The first-order valence-corrected chi connectivity index (χ1v) is 8.15. The number of nitrogens with zero attached hydrogens (tertiary/aromatic N) is 1. The monoisotopic (exact) mass is 446 g/mol. The van der Waals surface area contributed by atoms with Crippen molar-refractivity contribution in [1.29, 1.82) is 5.26 Å². The Labute approximate surface area is 169 Å². The van der Waals surface area contributed by atoms with Crippen molar-refractivity contribution in [3.05, 3.63) is 35.9 Å². The summed E-state index contributed by atoms with van der Waals surface area (Å²) in [4.78, 5) is 27.6. The van der Waals surface area contributed by atoms with Gasteiger partial charge in [0.05, 0.1) is 13.2 Å². The summed E-state index contributed by atoms with van der Waals surface area (Å²) in [6.45, 7) is 4.40. The number of ketones is 1. The Morgan fingerprint density at radius 1 is 1.07 bits per heavy atom. The van der Waals surface area contributed by atoms with Gasteiger partial charge >= 0.3 is 10.4 Å². The van der Waals surface area contributed by atoms with Crippen LogP contribution in [-0.4, -0.2) is 64.6 Å². The number of aliphatic hydroxyl groups is 2. The van der Waals surface area contributed by atoms with Crippen molar-refractivity contribution in [3.8, 4) is 5.40 Å². The van der Waals surface area contributed by atoms with Gasteiger partial charge in [-0.25, -0.2) is 5.26 Å². The third kappa shape index (κ3) is 108. The van der Waals surface area contributed by atoms with E-state index in [4.69, 9.17) is 47.7 Å². The van der Waals surface area contributed by atoms with E-state index >= 15 is 0 Å². The quantitative estimate of drug-likeness (QED) is 0.157. The van der Waals surface area contributed by atoms with Crippen LogP contribution in [0.4, 0.5) is 0 Å². The van der Waals surface area contributed by atoms with Crippen molar-refractivity contribution in [3.63, 3.8) is 0 Å². The molecule has 0 unspecified atom stereocenters. The van der Waals surface area contributed by atoms with Crippen molar-refractivity contribution >= 4 is 41.6 Å². The zero-order chi connectivity index (χ0) is 22.9. The zero-order valence-corrected chi connectivity index (χ0v) is 17.2. The molecule has 28 heavy (non-hydrogen) atoms. The molecule has 12 nitrogen and oxygen atoms in total. The average Bonchev–Trinajstić information content (AvgIpc) is 2.56. The van der Waals surface area contributed by atoms with Crippen molar-refractivity contribution in [2.24, 2.45) is 0 Å². The lowest BCUT2D eigenvalue weighted by Crippen LogP contribution is -1.89. The van der Waals surface area contributed by atoms with Gasteiger partial charge < -0.3 is 38.9 Å².